The Balaban J connectivity index is 2.13. The van der Waals surface area contributed by atoms with Gasteiger partial charge in [-0.25, -0.2) is 4.79 Å². The number of carbonyl (C=O) groups is 1. The summed E-state index contributed by atoms with van der Waals surface area (Å²) < 4.78 is 4.75. The van der Waals surface area contributed by atoms with Crippen molar-refractivity contribution in [2.45, 2.75) is 18.9 Å². The number of hydrogen-bond acceptors (Lipinski definition) is 4. The van der Waals surface area contributed by atoms with Gasteiger partial charge in [0.2, 0.25) is 0 Å². The molecule has 0 saturated carbocycles. The standard InChI is InChI=1S/C17H17ClO4/c1-22-17(21)15-10-13(18)7-5-11(15)6-8-16(20)12-3-2-4-14(19)9-12/h2-5,7,9-10,16,19-20H,6,8H2,1H3. The topological polar surface area (TPSA) is 66.8 Å². The molecule has 5 heteroatoms. The molecule has 2 N–H and O–H groups in total. The van der Waals surface area contributed by atoms with E-state index in [-0.39, 0.29) is 5.75 Å². The van der Waals surface area contributed by atoms with Gasteiger partial charge in [0.15, 0.2) is 0 Å². The number of hydrogen-bond donors (Lipinski definition) is 2. The molecule has 2 aromatic carbocycles. The monoisotopic (exact) mass is 320 g/mol. The van der Waals surface area contributed by atoms with E-state index < -0.39 is 12.1 Å². The zero-order valence-electron chi connectivity index (χ0n) is 12.1. The molecule has 0 fully saturated rings. The molecule has 0 aliphatic heterocycles. The number of rotatable bonds is 5. The summed E-state index contributed by atoms with van der Waals surface area (Å²) in [5.74, 6) is -0.345. The van der Waals surface area contributed by atoms with Gasteiger partial charge in [0, 0.05) is 5.02 Å². The van der Waals surface area contributed by atoms with E-state index in [1.807, 2.05) is 0 Å². The normalized spacial score (nSPS) is 12.0. The highest BCUT2D eigenvalue weighted by Crippen LogP contribution is 2.24. The number of phenolic OH excluding ortho intramolecular Hbond substituents is 1. The van der Waals surface area contributed by atoms with Gasteiger partial charge in [-0.3, -0.25) is 0 Å². The summed E-state index contributed by atoms with van der Waals surface area (Å²) in [5, 5.41) is 20.1. The van der Waals surface area contributed by atoms with Gasteiger partial charge in [0.25, 0.3) is 0 Å². The smallest absolute Gasteiger partial charge is 0.338 e. The number of aryl methyl sites for hydroxylation is 1. The van der Waals surface area contributed by atoms with Gasteiger partial charge < -0.3 is 14.9 Å². The minimum Gasteiger partial charge on any atom is -0.508 e. The van der Waals surface area contributed by atoms with E-state index >= 15 is 0 Å². The first kappa shape index (κ1) is 16.3. The maximum Gasteiger partial charge on any atom is 0.338 e. The number of halogens is 1. The predicted molar refractivity (Wildman–Crippen MR) is 84.2 cm³/mol. The molecule has 22 heavy (non-hydrogen) atoms. The molecule has 0 bridgehead atoms. The summed E-state index contributed by atoms with van der Waals surface area (Å²) in [6.45, 7) is 0. The molecule has 2 aromatic rings. The van der Waals surface area contributed by atoms with Crippen LogP contribution in [0.2, 0.25) is 5.02 Å². The SMILES string of the molecule is COC(=O)c1cc(Cl)ccc1CCC(O)c1cccc(O)c1. The summed E-state index contributed by atoms with van der Waals surface area (Å²) in [4.78, 5) is 11.8. The number of benzene rings is 2. The minimum absolute atomic E-state index is 0.110. The molecule has 116 valence electrons. The fourth-order valence-corrected chi connectivity index (χ4v) is 2.43. The van der Waals surface area contributed by atoms with Crippen molar-refractivity contribution in [1.29, 1.82) is 0 Å². The second-order valence-corrected chi connectivity index (χ2v) is 5.38. The third-order valence-electron chi connectivity index (χ3n) is 3.42. The van der Waals surface area contributed by atoms with Crippen LogP contribution >= 0.6 is 11.6 Å². The maximum atomic E-state index is 11.8. The van der Waals surface area contributed by atoms with E-state index in [4.69, 9.17) is 16.3 Å². The largest absolute Gasteiger partial charge is 0.508 e. The fourth-order valence-electron chi connectivity index (χ4n) is 2.26. The van der Waals surface area contributed by atoms with Crippen molar-refractivity contribution in [2.75, 3.05) is 7.11 Å². The fraction of sp³-hybridized carbons (Fsp3) is 0.235. The molecule has 0 radical (unpaired) electrons. The first-order valence-corrected chi connectivity index (χ1v) is 7.23. The first-order chi connectivity index (χ1) is 10.5. The third kappa shape index (κ3) is 4.00. The first-order valence-electron chi connectivity index (χ1n) is 6.85. The van der Waals surface area contributed by atoms with Crippen LogP contribution in [0.15, 0.2) is 42.5 Å². The molecular weight excluding hydrogens is 304 g/mol. The third-order valence-corrected chi connectivity index (χ3v) is 3.65. The zero-order chi connectivity index (χ0) is 16.1. The lowest BCUT2D eigenvalue weighted by Crippen LogP contribution is -2.07. The van der Waals surface area contributed by atoms with Crippen molar-refractivity contribution in [3.05, 3.63) is 64.2 Å². The van der Waals surface area contributed by atoms with E-state index in [0.29, 0.717) is 29.0 Å². The molecule has 1 atom stereocenters. The molecule has 0 heterocycles. The van der Waals surface area contributed by atoms with E-state index in [2.05, 4.69) is 0 Å². The Morgan fingerprint density at radius 2 is 2.05 bits per heavy atom. The lowest BCUT2D eigenvalue weighted by Gasteiger charge is -2.13. The molecule has 4 nitrogen and oxygen atoms in total. The minimum atomic E-state index is -0.728. The van der Waals surface area contributed by atoms with Gasteiger partial charge in [0.05, 0.1) is 18.8 Å². The van der Waals surface area contributed by atoms with Crippen molar-refractivity contribution in [2.24, 2.45) is 0 Å². The Labute approximate surface area is 133 Å². The predicted octanol–water partition coefficient (Wildman–Crippen LogP) is 3.50. The van der Waals surface area contributed by atoms with Crippen LogP contribution in [0.4, 0.5) is 0 Å². The summed E-state index contributed by atoms with van der Waals surface area (Å²) in [7, 11) is 1.31. The van der Waals surface area contributed by atoms with Crippen molar-refractivity contribution < 1.29 is 19.7 Å². The number of aliphatic hydroxyl groups is 1. The Hall–Kier alpha value is -2.04. The highest BCUT2D eigenvalue weighted by Gasteiger charge is 2.15. The van der Waals surface area contributed by atoms with Crippen molar-refractivity contribution in [3.63, 3.8) is 0 Å². The quantitative estimate of drug-likeness (QED) is 0.827. The van der Waals surface area contributed by atoms with Crippen LogP contribution in [0.3, 0.4) is 0 Å². The van der Waals surface area contributed by atoms with Crippen molar-refractivity contribution >= 4 is 17.6 Å². The average molecular weight is 321 g/mol. The average Bonchev–Trinajstić information content (AvgIpc) is 2.52. The second-order valence-electron chi connectivity index (χ2n) is 4.94. The number of aromatic hydroxyl groups is 1. The highest BCUT2D eigenvalue weighted by atomic mass is 35.5. The van der Waals surface area contributed by atoms with Crippen LogP contribution in [-0.2, 0) is 11.2 Å². The summed E-state index contributed by atoms with van der Waals surface area (Å²) in [6.07, 6.45) is 0.168. The second kappa shape index (κ2) is 7.29. The number of aliphatic hydroxyl groups excluding tert-OH is 1. The van der Waals surface area contributed by atoms with Crippen LogP contribution < -0.4 is 0 Å². The summed E-state index contributed by atoms with van der Waals surface area (Å²) in [5.41, 5.74) is 1.79. The van der Waals surface area contributed by atoms with E-state index in [1.54, 1.807) is 36.4 Å². The number of carbonyl (C=O) groups excluding carboxylic acids is 1. The number of phenols is 1. The Morgan fingerprint density at radius 3 is 2.73 bits per heavy atom. The number of esters is 1. The van der Waals surface area contributed by atoms with E-state index in [1.165, 1.54) is 13.2 Å². The van der Waals surface area contributed by atoms with Gasteiger partial charge in [0.1, 0.15) is 5.75 Å². The van der Waals surface area contributed by atoms with Crippen LogP contribution in [0.1, 0.15) is 34.0 Å². The Bertz CT molecular complexity index is 669. The maximum absolute atomic E-state index is 11.8. The van der Waals surface area contributed by atoms with Crippen LogP contribution in [0, 0.1) is 0 Å². The number of ether oxygens (including phenoxy) is 1. The molecular formula is C17H17ClO4. The van der Waals surface area contributed by atoms with Gasteiger partial charge in [-0.1, -0.05) is 29.8 Å². The van der Waals surface area contributed by atoms with E-state index in [9.17, 15) is 15.0 Å². The summed E-state index contributed by atoms with van der Waals surface area (Å²) >= 11 is 5.91. The van der Waals surface area contributed by atoms with Crippen LogP contribution in [0.5, 0.6) is 5.75 Å². The molecule has 2 rings (SSSR count). The molecule has 0 aliphatic carbocycles. The zero-order valence-corrected chi connectivity index (χ0v) is 12.9. The Morgan fingerprint density at radius 1 is 1.27 bits per heavy atom. The van der Waals surface area contributed by atoms with Crippen molar-refractivity contribution in [1.82, 2.24) is 0 Å². The van der Waals surface area contributed by atoms with Crippen molar-refractivity contribution in [3.8, 4) is 5.75 Å². The molecule has 0 amide bonds. The van der Waals surface area contributed by atoms with Gasteiger partial charge in [-0.15, -0.1) is 0 Å². The van der Waals surface area contributed by atoms with Crippen LogP contribution in [0.25, 0.3) is 0 Å². The molecule has 0 aromatic heterocycles. The molecule has 0 aliphatic rings. The molecule has 1 unspecified atom stereocenters. The van der Waals surface area contributed by atoms with E-state index in [0.717, 1.165) is 5.56 Å². The Kier molecular flexibility index (Phi) is 5.41. The molecule has 0 saturated heterocycles. The van der Waals surface area contributed by atoms with Gasteiger partial charge in [-0.2, -0.15) is 0 Å². The van der Waals surface area contributed by atoms with Crippen LogP contribution in [-0.4, -0.2) is 23.3 Å². The lowest BCUT2D eigenvalue weighted by molar-refractivity contribution is 0.0599. The lowest BCUT2D eigenvalue weighted by atomic mass is 9.98. The van der Waals surface area contributed by atoms with Gasteiger partial charge in [-0.05, 0) is 48.2 Å². The highest BCUT2D eigenvalue weighted by molar-refractivity contribution is 6.31. The van der Waals surface area contributed by atoms with Gasteiger partial charge >= 0.3 is 5.97 Å². The molecule has 0 spiro atoms. The summed E-state index contributed by atoms with van der Waals surface area (Å²) in [6, 6.07) is 11.5. The number of methoxy groups -OCH3 is 1.